The van der Waals surface area contributed by atoms with E-state index in [1.165, 1.54) is 16.2 Å². The third-order valence-electron chi connectivity index (χ3n) is 7.03. The molecular weight excluding hydrogens is 564 g/mol. The van der Waals surface area contributed by atoms with Crippen molar-refractivity contribution in [2.24, 2.45) is 0 Å². The van der Waals surface area contributed by atoms with Gasteiger partial charge in [-0.05, 0) is 56.3 Å². The zero-order valence-electron chi connectivity index (χ0n) is 22.1. The molecule has 1 fully saturated rings. The van der Waals surface area contributed by atoms with Crippen molar-refractivity contribution in [2.45, 2.75) is 18.9 Å². The molecule has 2 aromatic carbocycles. The summed E-state index contributed by atoms with van der Waals surface area (Å²) in [4.78, 5) is 48.0. The van der Waals surface area contributed by atoms with Crippen molar-refractivity contribution in [3.63, 3.8) is 0 Å². The van der Waals surface area contributed by atoms with Crippen LogP contribution in [0.2, 0.25) is 5.02 Å². The van der Waals surface area contributed by atoms with Crippen LogP contribution in [0.5, 0.6) is 11.5 Å². The van der Waals surface area contributed by atoms with E-state index in [0.717, 1.165) is 12.8 Å². The van der Waals surface area contributed by atoms with Crippen LogP contribution >= 0.6 is 22.9 Å². The molecule has 1 unspecified atom stereocenters. The second-order valence-electron chi connectivity index (χ2n) is 9.79. The minimum absolute atomic E-state index is 0.00404. The molecule has 2 aliphatic rings. The lowest BCUT2D eigenvalue weighted by molar-refractivity contribution is -0.131. The molecule has 2 aromatic heterocycles. The fraction of sp³-hybridized carbons (Fsp3) is 0.241. The Morgan fingerprint density at radius 1 is 1.20 bits per heavy atom. The van der Waals surface area contributed by atoms with Gasteiger partial charge in [-0.3, -0.25) is 14.5 Å². The maximum atomic E-state index is 13.5. The molecule has 1 atom stereocenters. The number of likely N-dealkylation sites (tertiary alicyclic amines) is 1. The van der Waals surface area contributed by atoms with Gasteiger partial charge in [-0.1, -0.05) is 29.8 Å². The normalized spacial score (nSPS) is 16.4. The molecule has 12 heteroatoms. The van der Waals surface area contributed by atoms with Crippen molar-refractivity contribution in [1.29, 1.82) is 0 Å². The van der Waals surface area contributed by atoms with Gasteiger partial charge in [0.1, 0.15) is 21.2 Å². The first-order valence-corrected chi connectivity index (χ1v) is 14.4. The Morgan fingerprint density at radius 3 is 2.80 bits per heavy atom. The van der Waals surface area contributed by atoms with Crippen molar-refractivity contribution in [3.8, 4) is 11.5 Å². The summed E-state index contributed by atoms with van der Waals surface area (Å²) in [7, 11) is 1.73. The molecule has 10 nitrogen and oxygen atoms in total. The lowest BCUT2D eigenvalue weighted by atomic mass is 10.1. The van der Waals surface area contributed by atoms with E-state index in [2.05, 4.69) is 20.9 Å². The third-order valence-corrected chi connectivity index (χ3v) is 8.43. The van der Waals surface area contributed by atoms with Crippen LogP contribution in [0.15, 0.2) is 60.8 Å². The van der Waals surface area contributed by atoms with E-state index in [1.807, 2.05) is 30.3 Å². The molecule has 0 aliphatic carbocycles. The zero-order chi connectivity index (χ0) is 28.5. The number of amides is 4. The summed E-state index contributed by atoms with van der Waals surface area (Å²) < 4.78 is 5.89. The quantitative estimate of drug-likeness (QED) is 0.267. The van der Waals surface area contributed by atoms with Crippen LogP contribution in [-0.4, -0.2) is 60.5 Å². The lowest BCUT2D eigenvalue weighted by Gasteiger charge is -2.33. The summed E-state index contributed by atoms with van der Waals surface area (Å²) in [6.45, 7) is 1.37. The molecule has 4 amide bonds. The van der Waals surface area contributed by atoms with Crippen LogP contribution in [0.4, 0.5) is 21.9 Å². The molecule has 0 spiro atoms. The summed E-state index contributed by atoms with van der Waals surface area (Å²) >= 11 is 7.78. The molecule has 0 saturated carbocycles. The number of piperidine rings is 1. The largest absolute Gasteiger partial charge is 0.456 e. The highest BCUT2D eigenvalue weighted by molar-refractivity contribution is 7.21. The number of rotatable bonds is 7. The molecule has 6 rings (SSSR count). The average Bonchev–Trinajstić information content (AvgIpc) is 3.35. The molecule has 4 aromatic rings. The fourth-order valence-electron chi connectivity index (χ4n) is 5.16. The van der Waals surface area contributed by atoms with Gasteiger partial charge in [-0.25, -0.2) is 9.78 Å². The van der Waals surface area contributed by atoms with Crippen molar-refractivity contribution in [3.05, 3.63) is 70.7 Å². The molecule has 3 N–H and O–H groups in total. The van der Waals surface area contributed by atoms with Crippen LogP contribution in [-0.2, 0) is 4.79 Å². The number of benzene rings is 2. The topological polar surface area (TPSA) is 116 Å². The molecule has 41 heavy (non-hydrogen) atoms. The highest BCUT2D eigenvalue weighted by Gasteiger charge is 2.34. The Bertz CT molecular complexity index is 1650. The summed E-state index contributed by atoms with van der Waals surface area (Å²) in [6.07, 6.45) is 3.19. The summed E-state index contributed by atoms with van der Waals surface area (Å²) in [6, 6.07) is 15.6. The highest BCUT2D eigenvalue weighted by Crippen LogP contribution is 2.46. The van der Waals surface area contributed by atoms with Crippen molar-refractivity contribution < 1.29 is 19.1 Å². The third kappa shape index (κ3) is 5.31. The number of para-hydroxylation sites is 1. The van der Waals surface area contributed by atoms with Gasteiger partial charge < -0.3 is 25.6 Å². The molecule has 4 heterocycles. The number of carbonyl (C=O) groups excluding carboxylic acids is 3. The molecule has 1 saturated heterocycles. The maximum Gasteiger partial charge on any atom is 0.331 e. The number of anilines is 3. The monoisotopic (exact) mass is 590 g/mol. The number of urea groups is 1. The number of carbonyl (C=O) groups is 3. The number of thiophene rings is 1. The summed E-state index contributed by atoms with van der Waals surface area (Å²) in [5.74, 6) is 0.807. The average molecular weight is 591 g/mol. The first-order chi connectivity index (χ1) is 19.9. The van der Waals surface area contributed by atoms with Gasteiger partial charge in [0.25, 0.3) is 5.91 Å². The number of aromatic nitrogens is 1. The van der Waals surface area contributed by atoms with Crippen molar-refractivity contribution >= 4 is 68.1 Å². The number of ether oxygens (including phenoxy) is 1. The van der Waals surface area contributed by atoms with E-state index in [0.29, 0.717) is 61.8 Å². The molecular formula is C29H27ClN6O4S. The summed E-state index contributed by atoms with van der Waals surface area (Å²) in [5.41, 5.74) is 1.57. The molecule has 0 radical (unpaired) electrons. The van der Waals surface area contributed by atoms with E-state index in [9.17, 15) is 14.4 Å². The number of hydrogen-bond donors (Lipinski definition) is 3. The molecule has 210 valence electrons. The Hall–Kier alpha value is -4.19. The SMILES string of the molecule is CNCC(=O)N1CCCC(NC(=O)c2sc3nccc4c3c2NC(=O)N4c2ccc(Oc3ccccc3)c(Cl)c2)C1. The minimum atomic E-state index is -0.424. The van der Waals surface area contributed by atoms with Gasteiger partial charge >= 0.3 is 6.03 Å². The van der Waals surface area contributed by atoms with E-state index in [-0.39, 0.29) is 24.4 Å². The maximum absolute atomic E-state index is 13.5. The standard InChI is InChI=1S/C29H27ClN6O4S/c1-31-15-23(37)35-13-5-6-17(16-35)33-27(38)26-25-24-21(11-12-32-28(24)41-26)36(29(39)34-25)18-9-10-22(20(30)14-18)40-19-7-3-2-4-8-19/h2-4,7-12,14,17,31H,5-6,13,15-16H2,1H3,(H,33,38)(H,34,39). The second kappa shape index (κ2) is 11.4. The van der Waals surface area contributed by atoms with Gasteiger partial charge in [0.2, 0.25) is 5.91 Å². The van der Waals surface area contributed by atoms with Gasteiger partial charge in [0.05, 0.1) is 34.0 Å². The predicted octanol–water partition coefficient (Wildman–Crippen LogP) is 5.37. The van der Waals surface area contributed by atoms with Gasteiger partial charge in [-0.15, -0.1) is 11.3 Å². The van der Waals surface area contributed by atoms with E-state index >= 15 is 0 Å². The van der Waals surface area contributed by atoms with Gasteiger partial charge in [0.15, 0.2) is 0 Å². The predicted molar refractivity (Wildman–Crippen MR) is 160 cm³/mol. The molecule has 2 aliphatic heterocycles. The zero-order valence-corrected chi connectivity index (χ0v) is 23.7. The number of hydrogen-bond acceptors (Lipinski definition) is 7. The minimum Gasteiger partial charge on any atom is -0.456 e. The van der Waals surface area contributed by atoms with Crippen LogP contribution in [0.25, 0.3) is 10.2 Å². The number of nitrogens with zero attached hydrogens (tertiary/aromatic N) is 3. The van der Waals surface area contributed by atoms with Crippen LogP contribution < -0.4 is 25.6 Å². The Labute approximate surface area is 245 Å². The number of halogens is 1. The van der Waals surface area contributed by atoms with Crippen LogP contribution in [0, 0.1) is 0 Å². The van der Waals surface area contributed by atoms with Crippen molar-refractivity contribution in [2.75, 3.05) is 36.9 Å². The molecule has 0 bridgehead atoms. The van der Waals surface area contributed by atoms with Crippen molar-refractivity contribution in [1.82, 2.24) is 20.5 Å². The first kappa shape index (κ1) is 27.0. The van der Waals surface area contributed by atoms with E-state index in [1.54, 1.807) is 42.4 Å². The van der Waals surface area contributed by atoms with Crippen LogP contribution in [0.3, 0.4) is 0 Å². The first-order valence-electron chi connectivity index (χ1n) is 13.2. The second-order valence-corrected chi connectivity index (χ2v) is 11.2. The number of likely N-dealkylation sites (N-methyl/N-ethyl adjacent to an activating group) is 1. The fourth-order valence-corrected chi connectivity index (χ4v) is 6.40. The summed E-state index contributed by atoms with van der Waals surface area (Å²) in [5, 5.41) is 9.87. The number of nitrogens with one attached hydrogen (secondary N) is 3. The van der Waals surface area contributed by atoms with Crippen LogP contribution in [0.1, 0.15) is 22.5 Å². The Morgan fingerprint density at radius 2 is 2.02 bits per heavy atom. The van der Waals surface area contributed by atoms with E-state index < -0.39 is 6.03 Å². The Balaban J connectivity index is 1.27. The lowest BCUT2D eigenvalue weighted by Crippen LogP contribution is -2.51. The van der Waals surface area contributed by atoms with Gasteiger partial charge in [-0.2, -0.15) is 0 Å². The highest BCUT2D eigenvalue weighted by atomic mass is 35.5. The number of pyridine rings is 1. The van der Waals surface area contributed by atoms with Gasteiger partial charge in [0, 0.05) is 25.3 Å². The smallest absolute Gasteiger partial charge is 0.331 e. The van der Waals surface area contributed by atoms with E-state index in [4.69, 9.17) is 16.3 Å². The Kier molecular flexibility index (Phi) is 7.48.